The molecule has 192 valence electrons. The molecule has 0 aliphatic carbocycles. The highest BCUT2D eigenvalue weighted by Gasteiger charge is 2.44. The molecule has 8 heteroatoms. The number of ether oxygens (including phenoxy) is 2. The van der Waals surface area contributed by atoms with Gasteiger partial charge in [0, 0.05) is 49.8 Å². The van der Waals surface area contributed by atoms with Crippen LogP contribution in [0.3, 0.4) is 0 Å². The fourth-order valence-electron chi connectivity index (χ4n) is 6.78. The van der Waals surface area contributed by atoms with Gasteiger partial charge in [-0.3, -0.25) is 9.59 Å². The molecule has 4 aliphatic heterocycles. The fourth-order valence-corrected chi connectivity index (χ4v) is 6.78. The van der Waals surface area contributed by atoms with Gasteiger partial charge in [-0.1, -0.05) is 0 Å². The molecule has 6 rings (SSSR count). The van der Waals surface area contributed by atoms with Crippen LogP contribution in [0.25, 0.3) is 11.0 Å². The highest BCUT2D eigenvalue weighted by Crippen LogP contribution is 2.43. The molecule has 4 aliphatic rings. The van der Waals surface area contributed by atoms with E-state index in [0.717, 1.165) is 55.2 Å². The van der Waals surface area contributed by atoms with Crippen molar-refractivity contribution >= 4 is 22.8 Å². The number of aryl methyl sites for hydroxylation is 2. The maximum Gasteiger partial charge on any atom is 0.336 e. The molecule has 2 amide bonds. The Labute approximate surface area is 210 Å². The number of carbonyl (C=O) groups excluding carboxylic acids is 2. The molecule has 2 bridgehead atoms. The van der Waals surface area contributed by atoms with Gasteiger partial charge >= 0.3 is 5.63 Å². The number of likely N-dealkylation sites (tertiary alicyclic amines) is 1. The van der Waals surface area contributed by atoms with E-state index in [-0.39, 0.29) is 30.1 Å². The molecular weight excluding hydrogens is 460 g/mol. The summed E-state index contributed by atoms with van der Waals surface area (Å²) in [5.41, 5.74) is 1.38. The first-order chi connectivity index (χ1) is 17.2. The molecule has 1 aromatic heterocycles. The standard InChI is InChI=1S/C28H34N2O6/c1-16-9-25(33)35-27-19-7-8-28(2,3)36-21(19)11-22(26(16)27)34-15-24(32)29-12-17-10-18(14-29)20-5-4-6-23(31)30(20)13-17/h9,11,17-18,20H,4-8,10,12-15H2,1-3H3/t17-,18+,20+/m1/s1. The van der Waals surface area contributed by atoms with Crippen LogP contribution in [-0.2, 0) is 16.0 Å². The van der Waals surface area contributed by atoms with E-state index in [4.69, 9.17) is 13.9 Å². The third-order valence-corrected chi connectivity index (χ3v) is 8.49. The molecular formula is C28H34N2O6. The number of nitrogens with zero attached hydrogens (tertiary/aromatic N) is 2. The van der Waals surface area contributed by atoms with E-state index in [9.17, 15) is 14.4 Å². The highest BCUT2D eigenvalue weighted by atomic mass is 16.5. The molecule has 0 saturated carbocycles. The lowest BCUT2D eigenvalue weighted by Gasteiger charge is -2.52. The van der Waals surface area contributed by atoms with Crippen molar-refractivity contribution in [3.05, 3.63) is 33.7 Å². The first kappa shape index (κ1) is 23.4. The number of piperidine rings is 3. The maximum absolute atomic E-state index is 13.3. The lowest BCUT2D eigenvalue weighted by Crippen LogP contribution is -2.61. The van der Waals surface area contributed by atoms with Gasteiger partial charge in [-0.05, 0) is 70.3 Å². The normalized spacial score (nSPS) is 26.8. The first-order valence-electron chi connectivity index (χ1n) is 13.2. The number of amides is 2. The monoisotopic (exact) mass is 494 g/mol. The van der Waals surface area contributed by atoms with Crippen molar-refractivity contribution in [3.63, 3.8) is 0 Å². The van der Waals surface area contributed by atoms with E-state index in [1.807, 2.05) is 31.7 Å². The topological polar surface area (TPSA) is 89.3 Å². The minimum Gasteiger partial charge on any atom is -0.487 e. The molecule has 0 radical (unpaired) electrons. The van der Waals surface area contributed by atoms with Crippen LogP contribution in [-0.4, -0.2) is 59.5 Å². The van der Waals surface area contributed by atoms with Gasteiger partial charge in [0.25, 0.3) is 5.91 Å². The summed E-state index contributed by atoms with van der Waals surface area (Å²) in [6.45, 7) is 7.91. The molecule has 3 fully saturated rings. The number of benzene rings is 1. The van der Waals surface area contributed by atoms with Crippen molar-refractivity contribution in [2.24, 2.45) is 11.8 Å². The zero-order chi connectivity index (χ0) is 25.2. The Morgan fingerprint density at radius 2 is 2.00 bits per heavy atom. The summed E-state index contributed by atoms with van der Waals surface area (Å²) in [4.78, 5) is 41.9. The van der Waals surface area contributed by atoms with E-state index >= 15 is 0 Å². The van der Waals surface area contributed by atoms with Gasteiger partial charge in [-0.25, -0.2) is 4.79 Å². The molecule has 0 N–H and O–H groups in total. The predicted octanol–water partition coefficient (Wildman–Crippen LogP) is 3.44. The van der Waals surface area contributed by atoms with E-state index in [2.05, 4.69) is 4.90 Å². The number of rotatable bonds is 3. The number of fused-ring (bicyclic) bond motifs is 7. The van der Waals surface area contributed by atoms with Crippen molar-refractivity contribution < 1.29 is 23.5 Å². The summed E-state index contributed by atoms with van der Waals surface area (Å²) in [7, 11) is 0. The molecule has 3 saturated heterocycles. The van der Waals surface area contributed by atoms with Crippen molar-refractivity contribution in [1.29, 1.82) is 0 Å². The van der Waals surface area contributed by atoms with Crippen LogP contribution >= 0.6 is 0 Å². The quantitative estimate of drug-likeness (QED) is 0.608. The first-order valence-corrected chi connectivity index (χ1v) is 13.2. The van der Waals surface area contributed by atoms with E-state index in [0.29, 0.717) is 48.4 Å². The largest absolute Gasteiger partial charge is 0.487 e. The lowest BCUT2D eigenvalue weighted by atomic mass is 9.76. The third-order valence-electron chi connectivity index (χ3n) is 8.49. The van der Waals surface area contributed by atoms with Gasteiger partial charge < -0.3 is 23.7 Å². The summed E-state index contributed by atoms with van der Waals surface area (Å²) in [6.07, 6.45) is 5.26. The summed E-state index contributed by atoms with van der Waals surface area (Å²) >= 11 is 0. The van der Waals surface area contributed by atoms with Crippen LogP contribution in [0, 0.1) is 18.8 Å². The highest BCUT2D eigenvalue weighted by molar-refractivity contribution is 5.91. The Balaban J connectivity index is 1.24. The molecule has 8 nitrogen and oxygen atoms in total. The van der Waals surface area contributed by atoms with E-state index in [1.54, 1.807) is 0 Å². The molecule has 5 heterocycles. The number of carbonyl (C=O) groups is 2. The van der Waals surface area contributed by atoms with Gasteiger partial charge in [0.15, 0.2) is 6.61 Å². The van der Waals surface area contributed by atoms with Gasteiger partial charge in [-0.2, -0.15) is 0 Å². The second-order valence-electron chi connectivity index (χ2n) is 11.6. The zero-order valence-corrected chi connectivity index (χ0v) is 21.3. The van der Waals surface area contributed by atoms with Crippen LogP contribution in [0.5, 0.6) is 11.5 Å². The molecule has 3 atom stereocenters. The summed E-state index contributed by atoms with van der Waals surface area (Å²) < 4.78 is 18.0. The number of hydrogen-bond donors (Lipinski definition) is 0. The van der Waals surface area contributed by atoms with Crippen molar-refractivity contribution in [2.45, 2.75) is 70.9 Å². The Kier molecular flexibility index (Phi) is 5.54. The molecule has 1 aromatic carbocycles. The molecule has 36 heavy (non-hydrogen) atoms. The second kappa shape index (κ2) is 8.53. The third kappa shape index (κ3) is 4.04. The van der Waals surface area contributed by atoms with Crippen LogP contribution in [0.4, 0.5) is 0 Å². The van der Waals surface area contributed by atoms with Gasteiger partial charge in [-0.15, -0.1) is 0 Å². The Bertz CT molecular complexity index is 1300. The Hall–Kier alpha value is -3.03. The van der Waals surface area contributed by atoms with Gasteiger partial charge in [0.2, 0.25) is 5.91 Å². The molecule has 2 aromatic rings. The SMILES string of the molecule is Cc1cc(=O)oc2c3c(cc(OCC(=O)N4C[C@H]5C[C@@H](C4)[C@@H]4CCCC(=O)N4C5)c12)OC(C)(C)CC3. The number of hydrogen-bond acceptors (Lipinski definition) is 6. The fraction of sp³-hybridized carbons (Fsp3) is 0.607. The van der Waals surface area contributed by atoms with Crippen molar-refractivity contribution in [3.8, 4) is 11.5 Å². The zero-order valence-electron chi connectivity index (χ0n) is 21.3. The second-order valence-corrected chi connectivity index (χ2v) is 11.6. The van der Waals surface area contributed by atoms with E-state index < -0.39 is 5.63 Å². The Morgan fingerprint density at radius 1 is 1.17 bits per heavy atom. The lowest BCUT2D eigenvalue weighted by molar-refractivity contribution is -0.149. The summed E-state index contributed by atoms with van der Waals surface area (Å²) in [5.74, 6) is 2.02. The average Bonchev–Trinajstić information content (AvgIpc) is 2.81. The average molecular weight is 495 g/mol. The Morgan fingerprint density at radius 3 is 2.83 bits per heavy atom. The van der Waals surface area contributed by atoms with Gasteiger partial charge in [0.05, 0.1) is 5.39 Å². The predicted molar refractivity (Wildman–Crippen MR) is 133 cm³/mol. The summed E-state index contributed by atoms with van der Waals surface area (Å²) in [6, 6.07) is 3.56. The minimum absolute atomic E-state index is 0.0533. The summed E-state index contributed by atoms with van der Waals surface area (Å²) in [5, 5.41) is 0.719. The van der Waals surface area contributed by atoms with Crippen molar-refractivity contribution in [1.82, 2.24) is 9.80 Å². The van der Waals surface area contributed by atoms with Crippen LogP contribution in [0.1, 0.15) is 57.1 Å². The van der Waals surface area contributed by atoms with Gasteiger partial charge in [0.1, 0.15) is 22.7 Å². The smallest absolute Gasteiger partial charge is 0.336 e. The van der Waals surface area contributed by atoms with Crippen LogP contribution < -0.4 is 15.1 Å². The van der Waals surface area contributed by atoms with Crippen molar-refractivity contribution in [2.75, 3.05) is 26.2 Å². The van der Waals surface area contributed by atoms with Crippen LogP contribution in [0.2, 0.25) is 0 Å². The molecule has 0 spiro atoms. The minimum atomic E-state index is -0.407. The van der Waals surface area contributed by atoms with Crippen LogP contribution in [0.15, 0.2) is 21.3 Å². The molecule has 0 unspecified atom stereocenters. The van der Waals surface area contributed by atoms with E-state index in [1.165, 1.54) is 6.07 Å². The maximum atomic E-state index is 13.3.